The average molecular weight is 290 g/mol. The fourth-order valence-corrected chi connectivity index (χ4v) is 3.46. The lowest BCUT2D eigenvalue weighted by molar-refractivity contribution is 0.425. The molecule has 0 radical (unpaired) electrons. The molecular weight excluding hydrogens is 264 g/mol. The molecule has 2 atom stereocenters. The largest absolute Gasteiger partial charge is 0.293 e. The number of hydrogen-bond donors (Lipinski definition) is 1. The molecule has 20 heavy (non-hydrogen) atoms. The second-order valence-corrected chi connectivity index (χ2v) is 6.74. The minimum Gasteiger partial charge on any atom is -0.293 e. The number of nitriles is 1. The number of nitrogens with one attached hydrogen (secondary N) is 1. The third kappa shape index (κ3) is 4.85. The van der Waals surface area contributed by atoms with Crippen molar-refractivity contribution >= 4 is 11.8 Å². The van der Waals surface area contributed by atoms with Crippen LogP contribution in [-0.2, 0) is 5.54 Å². The molecule has 0 fully saturated rings. The molecule has 1 aromatic carbocycles. The standard InChI is InChI=1S/C17H26N2S/c1-5-15(4)11-20-13-17(12-18,19-14(2)3)16-9-7-6-8-10-16/h6-10,14-15,19H,5,11,13H2,1-4H3. The van der Waals surface area contributed by atoms with Gasteiger partial charge in [-0.05, 0) is 31.1 Å². The van der Waals surface area contributed by atoms with Crippen LogP contribution < -0.4 is 5.32 Å². The van der Waals surface area contributed by atoms with E-state index in [1.165, 1.54) is 6.42 Å². The predicted octanol–water partition coefficient (Wildman–Crippen LogP) is 4.18. The van der Waals surface area contributed by atoms with Gasteiger partial charge < -0.3 is 0 Å². The molecule has 0 saturated carbocycles. The maximum absolute atomic E-state index is 9.78. The molecule has 0 bridgehead atoms. The second kappa shape index (κ2) is 8.34. The van der Waals surface area contributed by atoms with E-state index in [0.717, 1.165) is 17.1 Å². The van der Waals surface area contributed by atoms with E-state index >= 15 is 0 Å². The van der Waals surface area contributed by atoms with Crippen LogP contribution in [0, 0.1) is 17.2 Å². The zero-order valence-corrected chi connectivity index (χ0v) is 13.8. The van der Waals surface area contributed by atoms with Gasteiger partial charge in [-0.25, -0.2) is 0 Å². The summed E-state index contributed by atoms with van der Waals surface area (Å²) in [5, 5.41) is 13.2. The summed E-state index contributed by atoms with van der Waals surface area (Å²) < 4.78 is 0. The average Bonchev–Trinajstić information content (AvgIpc) is 2.46. The van der Waals surface area contributed by atoms with Crippen molar-refractivity contribution in [1.29, 1.82) is 5.26 Å². The van der Waals surface area contributed by atoms with Crippen LogP contribution >= 0.6 is 11.8 Å². The summed E-state index contributed by atoms with van der Waals surface area (Å²) in [5.41, 5.74) is 0.473. The molecule has 0 spiro atoms. The molecule has 110 valence electrons. The van der Waals surface area contributed by atoms with Gasteiger partial charge in [0, 0.05) is 11.8 Å². The van der Waals surface area contributed by atoms with Crippen LogP contribution in [0.15, 0.2) is 30.3 Å². The van der Waals surface area contributed by atoms with E-state index in [-0.39, 0.29) is 6.04 Å². The monoisotopic (exact) mass is 290 g/mol. The van der Waals surface area contributed by atoms with Gasteiger partial charge >= 0.3 is 0 Å². The number of hydrogen-bond acceptors (Lipinski definition) is 3. The molecule has 1 N–H and O–H groups in total. The van der Waals surface area contributed by atoms with Crippen molar-refractivity contribution in [3.63, 3.8) is 0 Å². The Morgan fingerprint density at radius 2 is 1.90 bits per heavy atom. The summed E-state index contributed by atoms with van der Waals surface area (Å²) in [6.45, 7) is 8.66. The normalized spacial score (nSPS) is 15.6. The third-order valence-corrected chi connectivity index (χ3v) is 4.85. The number of benzene rings is 1. The Labute approximate surface area is 128 Å². The minimum absolute atomic E-state index is 0.277. The maximum Gasteiger partial charge on any atom is 0.141 e. The van der Waals surface area contributed by atoms with Gasteiger partial charge in [0.05, 0.1) is 6.07 Å². The van der Waals surface area contributed by atoms with Crippen molar-refractivity contribution in [2.45, 2.75) is 45.7 Å². The van der Waals surface area contributed by atoms with Crippen molar-refractivity contribution in [2.24, 2.45) is 5.92 Å². The Hall–Kier alpha value is -0.980. The van der Waals surface area contributed by atoms with Gasteiger partial charge in [0.25, 0.3) is 0 Å². The smallest absolute Gasteiger partial charge is 0.141 e. The van der Waals surface area contributed by atoms with Gasteiger partial charge in [-0.2, -0.15) is 17.0 Å². The van der Waals surface area contributed by atoms with Crippen LogP contribution in [0.5, 0.6) is 0 Å². The highest BCUT2D eigenvalue weighted by atomic mass is 32.2. The summed E-state index contributed by atoms with van der Waals surface area (Å²) in [7, 11) is 0. The molecule has 0 aliphatic rings. The van der Waals surface area contributed by atoms with Gasteiger partial charge in [0.15, 0.2) is 0 Å². The van der Waals surface area contributed by atoms with Crippen LogP contribution in [0.2, 0.25) is 0 Å². The molecule has 0 heterocycles. The summed E-state index contributed by atoms with van der Waals surface area (Å²) in [4.78, 5) is 0. The minimum atomic E-state index is -0.590. The van der Waals surface area contributed by atoms with Crippen LogP contribution in [-0.4, -0.2) is 17.5 Å². The first-order valence-electron chi connectivity index (χ1n) is 7.36. The Bertz CT molecular complexity index is 424. The van der Waals surface area contributed by atoms with E-state index < -0.39 is 5.54 Å². The van der Waals surface area contributed by atoms with Gasteiger partial charge in [0.1, 0.15) is 5.54 Å². The Morgan fingerprint density at radius 1 is 1.25 bits per heavy atom. The highest BCUT2D eigenvalue weighted by molar-refractivity contribution is 7.99. The molecule has 0 aliphatic heterocycles. The summed E-state index contributed by atoms with van der Waals surface area (Å²) in [6.07, 6.45) is 1.19. The molecule has 1 rings (SSSR count). The Balaban J connectivity index is 2.87. The van der Waals surface area contributed by atoms with E-state index in [9.17, 15) is 5.26 Å². The molecule has 2 nitrogen and oxygen atoms in total. The highest BCUT2D eigenvalue weighted by Gasteiger charge is 2.32. The van der Waals surface area contributed by atoms with Crippen LogP contribution in [0.4, 0.5) is 0 Å². The van der Waals surface area contributed by atoms with Crippen molar-refractivity contribution < 1.29 is 0 Å². The van der Waals surface area contributed by atoms with E-state index in [2.05, 4.69) is 39.1 Å². The quantitative estimate of drug-likeness (QED) is 0.780. The molecule has 0 aromatic heterocycles. The van der Waals surface area contributed by atoms with Crippen molar-refractivity contribution in [3.05, 3.63) is 35.9 Å². The number of thioether (sulfide) groups is 1. The first-order chi connectivity index (χ1) is 9.54. The Morgan fingerprint density at radius 3 is 2.40 bits per heavy atom. The van der Waals surface area contributed by atoms with Gasteiger partial charge in [-0.15, -0.1) is 0 Å². The van der Waals surface area contributed by atoms with Crippen molar-refractivity contribution in [3.8, 4) is 6.07 Å². The summed E-state index contributed by atoms with van der Waals surface area (Å²) in [6, 6.07) is 12.9. The van der Waals surface area contributed by atoms with Gasteiger partial charge in [-0.1, -0.05) is 50.6 Å². The van der Waals surface area contributed by atoms with E-state index in [0.29, 0.717) is 5.92 Å². The van der Waals surface area contributed by atoms with Crippen LogP contribution in [0.1, 0.15) is 39.7 Å². The van der Waals surface area contributed by atoms with E-state index in [1.807, 2.05) is 42.1 Å². The molecule has 0 saturated heterocycles. The maximum atomic E-state index is 9.78. The highest BCUT2D eigenvalue weighted by Crippen LogP contribution is 2.27. The zero-order valence-electron chi connectivity index (χ0n) is 13.0. The Kier molecular flexibility index (Phi) is 7.12. The molecule has 3 heteroatoms. The fraction of sp³-hybridized carbons (Fsp3) is 0.588. The predicted molar refractivity (Wildman–Crippen MR) is 88.8 cm³/mol. The third-order valence-electron chi connectivity index (χ3n) is 3.41. The lowest BCUT2D eigenvalue weighted by atomic mass is 9.92. The fourth-order valence-electron chi connectivity index (χ4n) is 2.08. The lowest BCUT2D eigenvalue weighted by Crippen LogP contribution is -2.47. The molecule has 0 aliphatic carbocycles. The van der Waals surface area contributed by atoms with Crippen molar-refractivity contribution in [1.82, 2.24) is 5.32 Å². The molecule has 1 aromatic rings. The van der Waals surface area contributed by atoms with E-state index in [4.69, 9.17) is 0 Å². The van der Waals surface area contributed by atoms with Crippen LogP contribution in [0.25, 0.3) is 0 Å². The summed E-state index contributed by atoms with van der Waals surface area (Å²) >= 11 is 1.87. The first-order valence-corrected chi connectivity index (χ1v) is 8.51. The van der Waals surface area contributed by atoms with E-state index in [1.54, 1.807) is 0 Å². The molecular formula is C17H26N2S. The first kappa shape index (κ1) is 17.1. The number of nitrogens with zero attached hydrogens (tertiary/aromatic N) is 1. The lowest BCUT2D eigenvalue weighted by Gasteiger charge is -2.30. The molecule has 0 amide bonds. The second-order valence-electron chi connectivity index (χ2n) is 5.71. The van der Waals surface area contributed by atoms with Crippen LogP contribution in [0.3, 0.4) is 0 Å². The van der Waals surface area contributed by atoms with Gasteiger partial charge in [-0.3, -0.25) is 5.32 Å². The zero-order chi connectivity index (χ0) is 15.0. The number of rotatable bonds is 8. The summed E-state index contributed by atoms with van der Waals surface area (Å²) in [5.74, 6) is 2.59. The van der Waals surface area contributed by atoms with Crippen molar-refractivity contribution in [2.75, 3.05) is 11.5 Å². The topological polar surface area (TPSA) is 35.8 Å². The molecule has 2 unspecified atom stereocenters. The SMILES string of the molecule is CCC(C)CSCC(C#N)(NC(C)C)c1ccccc1. The van der Waals surface area contributed by atoms with Gasteiger partial charge in [0.2, 0.25) is 0 Å².